The third-order valence-electron chi connectivity index (χ3n) is 4.58. The number of hydrogen-bond donors (Lipinski definition) is 1. The molecule has 0 bridgehead atoms. The van der Waals surface area contributed by atoms with Gasteiger partial charge in [0.2, 0.25) is 0 Å². The zero-order valence-electron chi connectivity index (χ0n) is 20.2. The lowest BCUT2D eigenvalue weighted by Gasteiger charge is -2.13. The Hall–Kier alpha value is -3.00. The Labute approximate surface area is 233 Å². The number of thioether (sulfide) groups is 1. The molecule has 3 aromatic carbocycles. The SMILES string of the molecule is CS(=O)(=O)Oc1cccc(C(=CCSc2ccc(OCC(=O)O)c(Br)c2)c2cccc(OS(C)(=O)=O)c2)c1. The molecular formula is C25H23BrO9S3. The van der Waals surface area contributed by atoms with Crippen LogP contribution in [0.25, 0.3) is 5.57 Å². The number of benzene rings is 3. The smallest absolute Gasteiger partial charge is 0.341 e. The number of halogens is 1. The standard InChI is InChI=1S/C25H23BrO9S3/c1-37(29,30)34-19-7-3-5-17(13-19)22(18-6-4-8-20(14-18)35-38(2,31)32)11-12-36-21-9-10-24(23(26)15-21)33-16-25(27)28/h3-11,13-15H,12,16H2,1-2H3,(H,27,28). The monoisotopic (exact) mass is 642 g/mol. The van der Waals surface area contributed by atoms with Gasteiger partial charge in [0, 0.05) is 10.6 Å². The Bertz CT molecular complexity index is 1490. The molecule has 202 valence electrons. The van der Waals surface area contributed by atoms with Crippen molar-refractivity contribution in [2.24, 2.45) is 0 Å². The van der Waals surface area contributed by atoms with E-state index in [-0.39, 0.29) is 11.5 Å². The van der Waals surface area contributed by atoms with Gasteiger partial charge in [0.1, 0.15) is 17.2 Å². The predicted molar refractivity (Wildman–Crippen MR) is 149 cm³/mol. The average Bonchev–Trinajstić information content (AvgIpc) is 2.79. The lowest BCUT2D eigenvalue weighted by molar-refractivity contribution is -0.139. The van der Waals surface area contributed by atoms with Crippen LogP contribution in [0.2, 0.25) is 0 Å². The number of ether oxygens (including phenoxy) is 1. The molecule has 0 radical (unpaired) electrons. The molecule has 38 heavy (non-hydrogen) atoms. The third-order valence-corrected chi connectivity index (χ3v) is 7.11. The maximum atomic E-state index is 11.6. The molecule has 13 heteroatoms. The van der Waals surface area contributed by atoms with Gasteiger partial charge in [-0.3, -0.25) is 0 Å². The Balaban J connectivity index is 1.93. The Morgan fingerprint density at radius 1 is 0.895 bits per heavy atom. The molecule has 0 aliphatic carbocycles. The summed E-state index contributed by atoms with van der Waals surface area (Å²) in [5.74, 6) is 0.0650. The molecule has 0 spiro atoms. The van der Waals surface area contributed by atoms with Crippen molar-refractivity contribution >= 4 is 59.5 Å². The minimum Gasteiger partial charge on any atom is -0.481 e. The number of carboxylic acid groups (broad SMARTS) is 1. The average molecular weight is 644 g/mol. The molecule has 3 aromatic rings. The molecule has 0 fully saturated rings. The van der Waals surface area contributed by atoms with E-state index in [4.69, 9.17) is 18.2 Å². The highest BCUT2D eigenvalue weighted by atomic mass is 79.9. The summed E-state index contributed by atoms with van der Waals surface area (Å²) in [6, 6.07) is 18.3. The van der Waals surface area contributed by atoms with E-state index in [1.165, 1.54) is 23.9 Å². The Morgan fingerprint density at radius 2 is 1.45 bits per heavy atom. The van der Waals surface area contributed by atoms with Gasteiger partial charge >= 0.3 is 26.2 Å². The minimum atomic E-state index is -3.74. The zero-order chi connectivity index (χ0) is 27.9. The van der Waals surface area contributed by atoms with Crippen molar-refractivity contribution in [1.29, 1.82) is 0 Å². The normalized spacial score (nSPS) is 11.4. The largest absolute Gasteiger partial charge is 0.481 e. The third kappa shape index (κ3) is 9.71. The molecule has 0 aromatic heterocycles. The highest BCUT2D eigenvalue weighted by Crippen LogP contribution is 2.33. The van der Waals surface area contributed by atoms with Crippen molar-refractivity contribution in [2.75, 3.05) is 24.9 Å². The first-order chi connectivity index (χ1) is 17.8. The van der Waals surface area contributed by atoms with Crippen LogP contribution in [-0.4, -0.2) is 52.8 Å². The second-order valence-corrected chi connectivity index (χ2v) is 12.9. The summed E-state index contributed by atoms with van der Waals surface area (Å²) in [5.41, 5.74) is 1.97. The van der Waals surface area contributed by atoms with Crippen LogP contribution in [0.15, 0.2) is 82.2 Å². The van der Waals surface area contributed by atoms with Gasteiger partial charge in [-0.2, -0.15) is 16.8 Å². The predicted octanol–water partition coefficient (Wildman–Crippen LogP) is 4.81. The van der Waals surface area contributed by atoms with Gasteiger partial charge in [-0.15, -0.1) is 11.8 Å². The van der Waals surface area contributed by atoms with Crippen LogP contribution in [0.1, 0.15) is 11.1 Å². The first-order valence-corrected chi connectivity index (χ1v) is 16.2. The second kappa shape index (κ2) is 12.7. The van der Waals surface area contributed by atoms with Gasteiger partial charge in [-0.05, 0) is 75.1 Å². The maximum absolute atomic E-state index is 11.6. The fourth-order valence-corrected chi connectivity index (χ4v) is 5.59. The lowest BCUT2D eigenvalue weighted by Crippen LogP contribution is -2.09. The molecule has 0 atom stereocenters. The number of rotatable bonds is 12. The molecule has 0 saturated heterocycles. The van der Waals surface area contributed by atoms with Crippen LogP contribution >= 0.6 is 27.7 Å². The van der Waals surface area contributed by atoms with Crippen LogP contribution in [0.3, 0.4) is 0 Å². The number of hydrogen-bond acceptors (Lipinski definition) is 9. The fraction of sp³-hybridized carbons (Fsp3) is 0.160. The molecule has 0 aliphatic heterocycles. The molecular weight excluding hydrogens is 620 g/mol. The van der Waals surface area contributed by atoms with Crippen molar-refractivity contribution in [3.8, 4) is 17.2 Å². The number of carbonyl (C=O) groups is 1. The van der Waals surface area contributed by atoms with Crippen molar-refractivity contribution < 1.29 is 39.8 Å². The molecule has 1 N–H and O–H groups in total. The van der Waals surface area contributed by atoms with Crippen LogP contribution in [0.5, 0.6) is 17.2 Å². The van der Waals surface area contributed by atoms with E-state index in [0.717, 1.165) is 17.4 Å². The van der Waals surface area contributed by atoms with E-state index in [1.54, 1.807) is 54.6 Å². The van der Waals surface area contributed by atoms with Crippen molar-refractivity contribution in [3.05, 3.63) is 88.4 Å². The molecule has 0 unspecified atom stereocenters. The molecule has 0 saturated carbocycles. The minimum absolute atomic E-state index is 0.132. The molecule has 0 heterocycles. The maximum Gasteiger partial charge on any atom is 0.341 e. The summed E-state index contributed by atoms with van der Waals surface area (Å²) in [7, 11) is -7.48. The summed E-state index contributed by atoms with van der Waals surface area (Å²) >= 11 is 4.86. The molecule has 0 aliphatic rings. The summed E-state index contributed by atoms with van der Waals surface area (Å²) in [6.07, 6.45) is 3.82. The van der Waals surface area contributed by atoms with Gasteiger partial charge in [-0.1, -0.05) is 30.3 Å². The zero-order valence-corrected chi connectivity index (χ0v) is 24.2. The summed E-state index contributed by atoms with van der Waals surface area (Å²) in [5, 5.41) is 8.80. The highest BCUT2D eigenvalue weighted by molar-refractivity contribution is 9.10. The molecule has 9 nitrogen and oxygen atoms in total. The van der Waals surface area contributed by atoms with Crippen LogP contribution in [0, 0.1) is 0 Å². The van der Waals surface area contributed by atoms with E-state index in [9.17, 15) is 21.6 Å². The number of carboxylic acids is 1. The van der Waals surface area contributed by atoms with E-state index in [0.29, 0.717) is 32.7 Å². The first kappa shape index (κ1) is 29.6. The van der Waals surface area contributed by atoms with Gasteiger partial charge in [0.15, 0.2) is 6.61 Å². The van der Waals surface area contributed by atoms with Crippen molar-refractivity contribution in [1.82, 2.24) is 0 Å². The fourth-order valence-electron chi connectivity index (χ4n) is 3.23. The van der Waals surface area contributed by atoms with Crippen molar-refractivity contribution in [2.45, 2.75) is 4.90 Å². The summed E-state index contributed by atoms with van der Waals surface area (Å²) in [6.45, 7) is -0.457. The van der Waals surface area contributed by atoms with E-state index >= 15 is 0 Å². The van der Waals surface area contributed by atoms with E-state index in [2.05, 4.69) is 15.9 Å². The topological polar surface area (TPSA) is 133 Å². The van der Waals surface area contributed by atoms with Gasteiger partial charge in [0.25, 0.3) is 0 Å². The van der Waals surface area contributed by atoms with Crippen molar-refractivity contribution in [3.63, 3.8) is 0 Å². The molecule has 3 rings (SSSR count). The first-order valence-electron chi connectivity index (χ1n) is 10.8. The Morgan fingerprint density at radius 3 is 1.92 bits per heavy atom. The number of aliphatic carboxylic acids is 1. The van der Waals surface area contributed by atoms with Crippen LogP contribution in [0.4, 0.5) is 0 Å². The van der Waals surface area contributed by atoms with Crippen LogP contribution < -0.4 is 13.1 Å². The van der Waals surface area contributed by atoms with Gasteiger partial charge in [0.05, 0.1) is 17.0 Å². The quantitative estimate of drug-likeness (QED) is 0.217. The van der Waals surface area contributed by atoms with Gasteiger partial charge < -0.3 is 18.2 Å². The van der Waals surface area contributed by atoms with Crippen LogP contribution in [-0.2, 0) is 25.0 Å². The van der Waals surface area contributed by atoms with E-state index < -0.39 is 32.8 Å². The lowest BCUT2D eigenvalue weighted by atomic mass is 9.97. The Kier molecular flexibility index (Phi) is 9.88. The summed E-state index contributed by atoms with van der Waals surface area (Å²) in [4.78, 5) is 11.6. The highest BCUT2D eigenvalue weighted by Gasteiger charge is 2.12. The van der Waals surface area contributed by atoms with Gasteiger partial charge in [-0.25, -0.2) is 4.79 Å². The molecule has 0 amide bonds. The van der Waals surface area contributed by atoms with E-state index in [1.807, 2.05) is 6.08 Å². The summed E-state index contributed by atoms with van der Waals surface area (Å²) < 4.78 is 62.4. The second-order valence-electron chi connectivity index (χ2n) is 7.83.